The van der Waals surface area contributed by atoms with Gasteiger partial charge in [0.25, 0.3) is 0 Å². The zero-order valence-corrected chi connectivity index (χ0v) is 9.06. The molecule has 84 valence electrons. The first kappa shape index (κ1) is 9.74. The SMILES string of the molecule is NCc1ccn2nc(C3CCCN3)nc2c1. The van der Waals surface area contributed by atoms with Crippen molar-refractivity contribution in [2.75, 3.05) is 6.54 Å². The molecule has 16 heavy (non-hydrogen) atoms. The maximum atomic E-state index is 5.60. The zero-order valence-electron chi connectivity index (χ0n) is 9.06. The van der Waals surface area contributed by atoms with Crippen molar-refractivity contribution < 1.29 is 0 Å². The predicted octanol–water partition coefficient (Wildman–Crippen LogP) is 0.612. The Balaban J connectivity index is 2.01. The first-order valence-electron chi connectivity index (χ1n) is 5.65. The summed E-state index contributed by atoms with van der Waals surface area (Å²) in [4.78, 5) is 4.54. The number of nitrogens with zero attached hydrogens (tertiary/aromatic N) is 3. The number of nitrogens with one attached hydrogen (secondary N) is 1. The molecule has 2 aromatic heterocycles. The Hall–Kier alpha value is -1.46. The molecule has 1 aliphatic heterocycles. The van der Waals surface area contributed by atoms with Gasteiger partial charge in [-0.3, -0.25) is 0 Å². The minimum absolute atomic E-state index is 0.321. The lowest BCUT2D eigenvalue weighted by Crippen LogP contribution is -2.14. The highest BCUT2D eigenvalue weighted by molar-refractivity contribution is 5.40. The minimum Gasteiger partial charge on any atom is -0.326 e. The fraction of sp³-hybridized carbons (Fsp3) is 0.455. The molecule has 1 fully saturated rings. The maximum Gasteiger partial charge on any atom is 0.168 e. The van der Waals surface area contributed by atoms with E-state index in [4.69, 9.17) is 5.73 Å². The Labute approximate surface area is 93.7 Å². The molecule has 0 amide bonds. The molecule has 0 aliphatic carbocycles. The zero-order chi connectivity index (χ0) is 11.0. The molecule has 0 spiro atoms. The molecule has 0 saturated carbocycles. The molecular weight excluding hydrogens is 202 g/mol. The molecule has 1 unspecified atom stereocenters. The van der Waals surface area contributed by atoms with Gasteiger partial charge in [0.2, 0.25) is 0 Å². The van der Waals surface area contributed by atoms with E-state index in [-0.39, 0.29) is 0 Å². The number of rotatable bonds is 2. The second kappa shape index (κ2) is 3.84. The third-order valence-corrected chi connectivity index (χ3v) is 3.03. The van der Waals surface area contributed by atoms with Crippen molar-refractivity contribution in [2.45, 2.75) is 25.4 Å². The van der Waals surface area contributed by atoms with Crippen molar-refractivity contribution in [3.8, 4) is 0 Å². The van der Waals surface area contributed by atoms with Gasteiger partial charge in [-0.1, -0.05) is 0 Å². The van der Waals surface area contributed by atoms with E-state index in [1.807, 2.05) is 22.8 Å². The van der Waals surface area contributed by atoms with Gasteiger partial charge in [0, 0.05) is 12.7 Å². The summed E-state index contributed by atoms with van der Waals surface area (Å²) in [5.41, 5.74) is 7.57. The molecule has 1 aliphatic rings. The number of hydrogen-bond donors (Lipinski definition) is 2. The first-order valence-corrected chi connectivity index (χ1v) is 5.65. The van der Waals surface area contributed by atoms with Gasteiger partial charge >= 0.3 is 0 Å². The van der Waals surface area contributed by atoms with Gasteiger partial charge in [0.1, 0.15) is 0 Å². The lowest BCUT2D eigenvalue weighted by molar-refractivity contribution is 0.604. The fourth-order valence-corrected chi connectivity index (χ4v) is 2.12. The summed E-state index contributed by atoms with van der Waals surface area (Å²) in [6, 6.07) is 4.29. The number of hydrogen-bond acceptors (Lipinski definition) is 4. The van der Waals surface area contributed by atoms with E-state index >= 15 is 0 Å². The summed E-state index contributed by atoms with van der Waals surface area (Å²) in [5, 5.41) is 7.87. The Bertz CT molecular complexity index is 498. The lowest BCUT2D eigenvalue weighted by Gasteiger charge is -2.02. The number of aromatic nitrogens is 3. The fourth-order valence-electron chi connectivity index (χ4n) is 2.12. The Kier molecular flexibility index (Phi) is 2.34. The van der Waals surface area contributed by atoms with Crippen LogP contribution in [-0.4, -0.2) is 21.1 Å². The Morgan fingerprint density at radius 3 is 3.25 bits per heavy atom. The summed E-state index contributed by atoms with van der Waals surface area (Å²) in [5.74, 6) is 0.895. The van der Waals surface area contributed by atoms with Crippen LogP contribution < -0.4 is 11.1 Å². The van der Waals surface area contributed by atoms with Crippen molar-refractivity contribution in [1.82, 2.24) is 19.9 Å². The van der Waals surface area contributed by atoms with E-state index in [9.17, 15) is 0 Å². The van der Waals surface area contributed by atoms with E-state index in [2.05, 4.69) is 15.4 Å². The van der Waals surface area contributed by atoms with Gasteiger partial charge in [0.15, 0.2) is 11.5 Å². The maximum absolute atomic E-state index is 5.60. The third-order valence-electron chi connectivity index (χ3n) is 3.03. The van der Waals surface area contributed by atoms with Crippen LogP contribution in [0.5, 0.6) is 0 Å². The van der Waals surface area contributed by atoms with E-state index < -0.39 is 0 Å². The molecule has 3 heterocycles. The van der Waals surface area contributed by atoms with E-state index in [0.29, 0.717) is 12.6 Å². The summed E-state index contributed by atoms with van der Waals surface area (Å²) in [6.07, 6.45) is 4.25. The van der Waals surface area contributed by atoms with E-state index in [0.717, 1.165) is 30.0 Å². The monoisotopic (exact) mass is 217 g/mol. The summed E-state index contributed by atoms with van der Waals surface area (Å²) in [6.45, 7) is 1.61. The number of nitrogens with two attached hydrogens (primary N) is 1. The number of pyridine rings is 1. The molecule has 0 radical (unpaired) electrons. The number of fused-ring (bicyclic) bond motifs is 1. The van der Waals surface area contributed by atoms with Crippen LogP contribution in [0.1, 0.15) is 30.3 Å². The molecule has 2 aromatic rings. The van der Waals surface area contributed by atoms with Crippen LogP contribution in [0.2, 0.25) is 0 Å². The van der Waals surface area contributed by atoms with Crippen molar-refractivity contribution in [1.29, 1.82) is 0 Å². The van der Waals surface area contributed by atoms with Crippen molar-refractivity contribution in [3.63, 3.8) is 0 Å². The van der Waals surface area contributed by atoms with Crippen molar-refractivity contribution in [2.24, 2.45) is 5.73 Å². The second-order valence-electron chi connectivity index (χ2n) is 4.16. The van der Waals surface area contributed by atoms with E-state index in [1.165, 1.54) is 6.42 Å². The molecule has 1 saturated heterocycles. The van der Waals surface area contributed by atoms with Crippen molar-refractivity contribution >= 4 is 5.65 Å². The summed E-state index contributed by atoms with van der Waals surface area (Å²) < 4.78 is 1.81. The second-order valence-corrected chi connectivity index (χ2v) is 4.16. The topological polar surface area (TPSA) is 68.2 Å². The van der Waals surface area contributed by atoms with Crippen LogP contribution in [0, 0.1) is 0 Å². The van der Waals surface area contributed by atoms with Crippen LogP contribution in [0.15, 0.2) is 18.3 Å². The van der Waals surface area contributed by atoms with Crippen LogP contribution in [-0.2, 0) is 6.54 Å². The van der Waals surface area contributed by atoms with Gasteiger partial charge in [-0.2, -0.15) is 0 Å². The average molecular weight is 217 g/mol. The minimum atomic E-state index is 0.321. The molecular formula is C11H15N5. The largest absolute Gasteiger partial charge is 0.326 e. The van der Waals surface area contributed by atoms with Crippen molar-refractivity contribution in [3.05, 3.63) is 29.7 Å². The van der Waals surface area contributed by atoms with Gasteiger partial charge in [0.05, 0.1) is 6.04 Å². The summed E-state index contributed by atoms with van der Waals surface area (Å²) in [7, 11) is 0. The molecule has 0 aromatic carbocycles. The smallest absolute Gasteiger partial charge is 0.168 e. The molecule has 3 rings (SSSR count). The van der Waals surface area contributed by atoms with Gasteiger partial charge in [-0.25, -0.2) is 9.50 Å². The van der Waals surface area contributed by atoms with Crippen LogP contribution >= 0.6 is 0 Å². The standard InChI is InChI=1S/C11H15N5/c12-7-8-3-5-16-10(6-8)14-11(15-16)9-2-1-4-13-9/h3,5-6,9,13H,1-2,4,7,12H2. The average Bonchev–Trinajstić information content (AvgIpc) is 2.96. The van der Waals surface area contributed by atoms with E-state index in [1.54, 1.807) is 0 Å². The summed E-state index contributed by atoms with van der Waals surface area (Å²) >= 11 is 0. The molecule has 3 N–H and O–H groups in total. The van der Waals surface area contributed by atoms with Gasteiger partial charge < -0.3 is 11.1 Å². The Morgan fingerprint density at radius 2 is 2.50 bits per heavy atom. The first-order chi connectivity index (χ1) is 7.86. The highest BCUT2D eigenvalue weighted by Crippen LogP contribution is 2.20. The third kappa shape index (κ3) is 1.58. The Morgan fingerprint density at radius 1 is 1.56 bits per heavy atom. The predicted molar refractivity (Wildman–Crippen MR) is 60.9 cm³/mol. The highest BCUT2D eigenvalue weighted by Gasteiger charge is 2.20. The molecule has 0 bridgehead atoms. The highest BCUT2D eigenvalue weighted by atomic mass is 15.3. The lowest BCUT2D eigenvalue weighted by atomic mass is 10.2. The van der Waals surface area contributed by atoms with Gasteiger partial charge in [-0.15, -0.1) is 5.10 Å². The quantitative estimate of drug-likeness (QED) is 0.773. The molecule has 5 nitrogen and oxygen atoms in total. The molecule has 5 heteroatoms. The normalized spacial score (nSPS) is 20.7. The molecule has 1 atom stereocenters. The van der Waals surface area contributed by atoms with Crippen LogP contribution in [0.3, 0.4) is 0 Å². The van der Waals surface area contributed by atoms with Gasteiger partial charge in [-0.05, 0) is 37.1 Å². The van der Waals surface area contributed by atoms with Crippen LogP contribution in [0.25, 0.3) is 5.65 Å². The van der Waals surface area contributed by atoms with Crippen LogP contribution in [0.4, 0.5) is 0 Å².